The maximum atomic E-state index is 9.84. The van der Waals surface area contributed by atoms with E-state index in [2.05, 4.69) is 17.2 Å². The molecular formula is C18H22N2O. The van der Waals surface area contributed by atoms with Crippen LogP contribution in [0.2, 0.25) is 0 Å². The number of phenols is 1. The van der Waals surface area contributed by atoms with E-state index in [1.807, 2.05) is 58.2 Å². The maximum Gasteiger partial charge on any atom is 0.121 e. The van der Waals surface area contributed by atoms with Crippen LogP contribution in [0, 0.1) is 27.7 Å². The SMILES string of the molecule is C/C(=C/Nc1ccc(C)nc1C)c1cc(C)c(O)c(C)c1. The van der Waals surface area contributed by atoms with Crippen molar-refractivity contribution >= 4 is 11.3 Å². The Morgan fingerprint density at radius 1 is 1.10 bits per heavy atom. The zero-order valence-corrected chi connectivity index (χ0v) is 13.3. The molecule has 0 saturated heterocycles. The van der Waals surface area contributed by atoms with E-state index in [1.54, 1.807) is 0 Å². The number of anilines is 1. The van der Waals surface area contributed by atoms with E-state index in [4.69, 9.17) is 0 Å². The van der Waals surface area contributed by atoms with Crippen LogP contribution in [0.5, 0.6) is 5.75 Å². The Bertz CT molecular complexity index is 679. The highest BCUT2D eigenvalue weighted by Gasteiger charge is 2.05. The number of aromatic hydroxyl groups is 1. The number of nitrogens with one attached hydrogen (secondary N) is 1. The second-order valence-corrected chi connectivity index (χ2v) is 5.52. The van der Waals surface area contributed by atoms with E-state index in [0.29, 0.717) is 5.75 Å². The summed E-state index contributed by atoms with van der Waals surface area (Å²) in [5.74, 6) is 0.373. The molecule has 3 nitrogen and oxygen atoms in total. The summed E-state index contributed by atoms with van der Waals surface area (Å²) >= 11 is 0. The van der Waals surface area contributed by atoms with Crippen molar-refractivity contribution in [2.45, 2.75) is 34.6 Å². The molecule has 1 aromatic carbocycles. The number of aromatic nitrogens is 1. The summed E-state index contributed by atoms with van der Waals surface area (Å²) < 4.78 is 0. The minimum Gasteiger partial charge on any atom is -0.507 e. The first kappa shape index (κ1) is 15.1. The second kappa shape index (κ2) is 6.00. The fourth-order valence-electron chi connectivity index (χ4n) is 2.29. The first-order valence-corrected chi connectivity index (χ1v) is 7.06. The molecule has 0 bridgehead atoms. The number of hydrogen-bond donors (Lipinski definition) is 2. The number of rotatable bonds is 3. The number of allylic oxidation sites excluding steroid dienone is 1. The Labute approximate surface area is 126 Å². The Kier molecular flexibility index (Phi) is 4.32. The van der Waals surface area contributed by atoms with Crippen LogP contribution < -0.4 is 5.32 Å². The van der Waals surface area contributed by atoms with Gasteiger partial charge in [0.15, 0.2) is 0 Å². The topological polar surface area (TPSA) is 45.2 Å². The number of nitrogens with zero attached hydrogens (tertiary/aromatic N) is 1. The first-order valence-electron chi connectivity index (χ1n) is 7.06. The minimum atomic E-state index is 0.373. The molecule has 1 heterocycles. The summed E-state index contributed by atoms with van der Waals surface area (Å²) in [5.41, 5.74) is 7.01. The molecule has 2 rings (SSSR count). The largest absolute Gasteiger partial charge is 0.507 e. The van der Waals surface area contributed by atoms with Gasteiger partial charge in [-0.2, -0.15) is 0 Å². The zero-order chi connectivity index (χ0) is 15.6. The van der Waals surface area contributed by atoms with E-state index >= 15 is 0 Å². The highest BCUT2D eigenvalue weighted by molar-refractivity contribution is 5.69. The Morgan fingerprint density at radius 2 is 1.71 bits per heavy atom. The third-order valence-electron chi connectivity index (χ3n) is 3.62. The van der Waals surface area contributed by atoms with Gasteiger partial charge in [0.1, 0.15) is 5.75 Å². The van der Waals surface area contributed by atoms with Crippen LogP contribution in [0.1, 0.15) is 35.0 Å². The van der Waals surface area contributed by atoms with Gasteiger partial charge in [-0.05, 0) is 81.1 Å². The summed E-state index contributed by atoms with van der Waals surface area (Å²) in [6.07, 6.45) is 1.98. The van der Waals surface area contributed by atoms with Crippen LogP contribution in [0.3, 0.4) is 0 Å². The summed E-state index contributed by atoms with van der Waals surface area (Å²) in [4.78, 5) is 4.44. The zero-order valence-electron chi connectivity index (χ0n) is 13.3. The van der Waals surface area contributed by atoms with Crippen LogP contribution >= 0.6 is 0 Å². The number of phenolic OH excluding ortho intramolecular Hbond substituents is 1. The van der Waals surface area contributed by atoms with Crippen LogP contribution in [0.25, 0.3) is 5.57 Å². The fourth-order valence-corrected chi connectivity index (χ4v) is 2.29. The van der Waals surface area contributed by atoms with Gasteiger partial charge in [-0.1, -0.05) is 0 Å². The van der Waals surface area contributed by atoms with Crippen molar-refractivity contribution in [2.75, 3.05) is 5.32 Å². The van der Waals surface area contributed by atoms with E-state index in [9.17, 15) is 5.11 Å². The predicted octanol–water partition coefficient (Wildman–Crippen LogP) is 4.49. The van der Waals surface area contributed by atoms with Crippen LogP contribution in [-0.2, 0) is 0 Å². The average molecular weight is 282 g/mol. The molecule has 0 atom stereocenters. The lowest BCUT2D eigenvalue weighted by molar-refractivity contribution is 0.467. The van der Waals surface area contributed by atoms with Crippen molar-refractivity contribution in [1.82, 2.24) is 4.98 Å². The molecular weight excluding hydrogens is 260 g/mol. The predicted molar refractivity (Wildman–Crippen MR) is 88.6 cm³/mol. The third kappa shape index (κ3) is 3.43. The van der Waals surface area contributed by atoms with Gasteiger partial charge in [0.25, 0.3) is 0 Å². The van der Waals surface area contributed by atoms with E-state index in [1.165, 1.54) is 0 Å². The molecule has 0 aliphatic carbocycles. The molecule has 0 fully saturated rings. The van der Waals surface area contributed by atoms with E-state index in [-0.39, 0.29) is 0 Å². The lowest BCUT2D eigenvalue weighted by atomic mass is 10.0. The fraction of sp³-hybridized carbons (Fsp3) is 0.278. The molecule has 110 valence electrons. The van der Waals surface area contributed by atoms with E-state index < -0.39 is 0 Å². The molecule has 1 aromatic heterocycles. The van der Waals surface area contributed by atoms with E-state index in [0.717, 1.165) is 39.3 Å². The Balaban J connectivity index is 2.25. The van der Waals surface area contributed by atoms with Gasteiger partial charge in [-0.25, -0.2) is 0 Å². The standard InChI is InChI=1S/C18H22N2O/c1-11-8-16(9-12(2)18(11)21)13(3)10-19-17-7-6-14(4)20-15(17)5/h6-10,19,21H,1-5H3/b13-10-. The summed E-state index contributed by atoms with van der Waals surface area (Å²) in [5, 5.41) is 13.1. The second-order valence-electron chi connectivity index (χ2n) is 5.52. The van der Waals surface area contributed by atoms with Crippen LogP contribution in [0.15, 0.2) is 30.5 Å². The monoisotopic (exact) mass is 282 g/mol. The molecule has 3 heteroatoms. The molecule has 2 N–H and O–H groups in total. The van der Waals surface area contributed by atoms with Crippen molar-refractivity contribution in [2.24, 2.45) is 0 Å². The van der Waals surface area contributed by atoms with Crippen molar-refractivity contribution in [1.29, 1.82) is 0 Å². The lowest BCUT2D eigenvalue weighted by Gasteiger charge is -2.10. The highest BCUT2D eigenvalue weighted by Crippen LogP contribution is 2.26. The summed E-state index contributed by atoms with van der Waals surface area (Å²) in [6.45, 7) is 9.86. The highest BCUT2D eigenvalue weighted by atomic mass is 16.3. The van der Waals surface area contributed by atoms with Crippen molar-refractivity contribution in [3.8, 4) is 5.75 Å². The molecule has 0 aliphatic rings. The summed E-state index contributed by atoms with van der Waals surface area (Å²) in [6, 6.07) is 8.02. The third-order valence-corrected chi connectivity index (χ3v) is 3.62. The van der Waals surface area contributed by atoms with Gasteiger partial charge >= 0.3 is 0 Å². The molecule has 2 aromatic rings. The van der Waals surface area contributed by atoms with Crippen molar-refractivity contribution in [3.05, 3.63) is 58.5 Å². The molecule has 0 amide bonds. The van der Waals surface area contributed by atoms with Gasteiger partial charge in [-0.15, -0.1) is 0 Å². The van der Waals surface area contributed by atoms with Gasteiger partial charge in [0.05, 0.1) is 11.4 Å². The van der Waals surface area contributed by atoms with Gasteiger partial charge in [-0.3, -0.25) is 4.98 Å². The van der Waals surface area contributed by atoms with Gasteiger partial charge in [0, 0.05) is 11.9 Å². The molecule has 0 saturated carbocycles. The Morgan fingerprint density at radius 3 is 2.29 bits per heavy atom. The molecule has 0 radical (unpaired) electrons. The lowest BCUT2D eigenvalue weighted by Crippen LogP contribution is -1.96. The Hall–Kier alpha value is -2.29. The van der Waals surface area contributed by atoms with Crippen LogP contribution in [-0.4, -0.2) is 10.1 Å². The molecule has 0 unspecified atom stereocenters. The van der Waals surface area contributed by atoms with Crippen molar-refractivity contribution in [3.63, 3.8) is 0 Å². The first-order chi connectivity index (χ1) is 9.88. The number of hydrogen-bond acceptors (Lipinski definition) is 3. The summed E-state index contributed by atoms with van der Waals surface area (Å²) in [7, 11) is 0. The molecule has 0 spiro atoms. The normalized spacial score (nSPS) is 11.6. The molecule has 21 heavy (non-hydrogen) atoms. The van der Waals surface area contributed by atoms with Crippen molar-refractivity contribution < 1.29 is 5.11 Å². The number of aryl methyl sites for hydroxylation is 4. The average Bonchev–Trinajstić information content (AvgIpc) is 2.43. The quantitative estimate of drug-likeness (QED) is 0.871. The van der Waals surface area contributed by atoms with Crippen LogP contribution in [0.4, 0.5) is 5.69 Å². The smallest absolute Gasteiger partial charge is 0.121 e. The molecule has 0 aliphatic heterocycles. The minimum absolute atomic E-state index is 0.373. The number of benzene rings is 1. The van der Waals surface area contributed by atoms with Gasteiger partial charge in [0.2, 0.25) is 0 Å². The number of pyridine rings is 1. The maximum absolute atomic E-state index is 9.84. The van der Waals surface area contributed by atoms with Gasteiger partial charge < -0.3 is 10.4 Å².